The minimum absolute atomic E-state index is 0.594. The summed E-state index contributed by atoms with van der Waals surface area (Å²) < 4.78 is 11.4. The van der Waals surface area contributed by atoms with E-state index in [0.717, 1.165) is 63.0 Å². The van der Waals surface area contributed by atoms with Crippen LogP contribution in [0.2, 0.25) is 0 Å². The van der Waals surface area contributed by atoms with Crippen molar-refractivity contribution in [2.24, 2.45) is 4.99 Å². The van der Waals surface area contributed by atoms with E-state index in [-0.39, 0.29) is 0 Å². The van der Waals surface area contributed by atoms with Crippen LogP contribution in [0.3, 0.4) is 0 Å². The molecule has 0 amide bonds. The zero-order valence-electron chi connectivity index (χ0n) is 15.5. The van der Waals surface area contributed by atoms with Crippen molar-refractivity contribution >= 4 is 5.84 Å². The molecule has 140 valence electrons. The van der Waals surface area contributed by atoms with Crippen molar-refractivity contribution in [3.8, 4) is 11.5 Å². The van der Waals surface area contributed by atoms with Crippen LogP contribution in [-0.4, -0.2) is 68.6 Å². The van der Waals surface area contributed by atoms with E-state index < -0.39 is 0 Å². The van der Waals surface area contributed by atoms with Crippen molar-refractivity contribution in [2.45, 2.75) is 6.42 Å². The van der Waals surface area contributed by atoms with E-state index in [0.29, 0.717) is 6.61 Å². The Morgan fingerprint density at radius 3 is 2.88 bits per heavy atom. The number of amidine groups is 1. The first kappa shape index (κ1) is 18.3. The molecule has 6 nitrogen and oxygen atoms in total. The lowest BCUT2D eigenvalue weighted by Crippen LogP contribution is -2.50. The molecular formula is C20H28N4O2. The van der Waals surface area contributed by atoms with E-state index in [2.05, 4.69) is 32.8 Å². The molecule has 0 atom stereocenters. The van der Waals surface area contributed by atoms with Crippen molar-refractivity contribution in [3.63, 3.8) is 0 Å². The Kier molecular flexibility index (Phi) is 6.55. The Morgan fingerprint density at radius 1 is 1.27 bits per heavy atom. The van der Waals surface area contributed by atoms with E-state index in [4.69, 9.17) is 9.47 Å². The van der Waals surface area contributed by atoms with Crippen LogP contribution in [0.25, 0.3) is 0 Å². The second-order valence-electron chi connectivity index (χ2n) is 6.38. The Balaban J connectivity index is 1.50. The van der Waals surface area contributed by atoms with Crippen LogP contribution in [0.4, 0.5) is 0 Å². The van der Waals surface area contributed by atoms with Gasteiger partial charge in [-0.2, -0.15) is 0 Å². The number of piperazine rings is 1. The molecule has 1 aromatic carbocycles. The van der Waals surface area contributed by atoms with Gasteiger partial charge >= 0.3 is 0 Å². The quantitative estimate of drug-likeness (QED) is 0.756. The van der Waals surface area contributed by atoms with Crippen LogP contribution in [-0.2, 0) is 6.42 Å². The van der Waals surface area contributed by atoms with Crippen LogP contribution < -0.4 is 14.8 Å². The number of methoxy groups -OCH3 is 1. The monoisotopic (exact) mass is 356 g/mol. The SMILES string of the molecule is C=CCc1ccc(OCCN2C=CN=C(N3CCNCC3)C2)c(OC)c1. The Hall–Kier alpha value is -2.47. The van der Waals surface area contributed by atoms with Crippen LogP contribution in [0, 0.1) is 0 Å². The highest BCUT2D eigenvalue weighted by atomic mass is 16.5. The normalized spacial score (nSPS) is 17.0. The van der Waals surface area contributed by atoms with Gasteiger partial charge in [-0.05, 0) is 24.1 Å². The van der Waals surface area contributed by atoms with Gasteiger partial charge in [0, 0.05) is 38.6 Å². The molecule has 2 aliphatic heterocycles. The fourth-order valence-electron chi connectivity index (χ4n) is 3.14. The third kappa shape index (κ3) is 4.79. The standard InChI is InChI=1S/C20H28N4O2/c1-3-4-17-5-6-18(19(15-17)25-2)26-14-13-23-10-9-22-20(16-23)24-11-7-21-8-12-24/h3,5-6,9-10,15,21H,1,4,7-8,11-14,16H2,2H3. The average molecular weight is 356 g/mol. The van der Waals surface area contributed by atoms with Crippen molar-refractivity contribution in [3.05, 3.63) is 48.8 Å². The van der Waals surface area contributed by atoms with E-state index >= 15 is 0 Å². The summed E-state index contributed by atoms with van der Waals surface area (Å²) in [7, 11) is 1.67. The summed E-state index contributed by atoms with van der Waals surface area (Å²) in [6.45, 7) is 10.1. The predicted molar refractivity (Wildman–Crippen MR) is 105 cm³/mol. The first-order valence-corrected chi connectivity index (χ1v) is 9.14. The fourth-order valence-corrected chi connectivity index (χ4v) is 3.14. The third-order valence-electron chi connectivity index (χ3n) is 4.57. The van der Waals surface area contributed by atoms with Gasteiger partial charge in [0.25, 0.3) is 0 Å². The van der Waals surface area contributed by atoms with Crippen molar-refractivity contribution < 1.29 is 9.47 Å². The molecule has 0 aromatic heterocycles. The molecule has 1 N–H and O–H groups in total. The molecular weight excluding hydrogens is 328 g/mol. The molecule has 0 unspecified atom stereocenters. The highest BCUT2D eigenvalue weighted by molar-refractivity contribution is 5.85. The number of nitrogens with one attached hydrogen (secondary N) is 1. The molecule has 2 heterocycles. The molecule has 6 heteroatoms. The number of rotatable bonds is 7. The molecule has 1 saturated heterocycles. The van der Waals surface area contributed by atoms with Gasteiger partial charge in [-0.25, -0.2) is 4.99 Å². The summed E-state index contributed by atoms with van der Waals surface area (Å²) in [6.07, 6.45) is 6.61. The Bertz CT molecular complexity index is 666. The smallest absolute Gasteiger partial charge is 0.161 e. The lowest BCUT2D eigenvalue weighted by Gasteiger charge is -2.34. The molecule has 0 aliphatic carbocycles. The number of nitrogens with zero attached hydrogens (tertiary/aromatic N) is 3. The first-order chi connectivity index (χ1) is 12.8. The topological polar surface area (TPSA) is 49.3 Å². The second-order valence-corrected chi connectivity index (χ2v) is 6.38. The van der Waals surface area contributed by atoms with Crippen molar-refractivity contribution in [2.75, 3.05) is 53.0 Å². The lowest BCUT2D eigenvalue weighted by atomic mass is 10.1. The van der Waals surface area contributed by atoms with Gasteiger partial charge in [0.15, 0.2) is 11.5 Å². The average Bonchev–Trinajstić information content (AvgIpc) is 2.70. The predicted octanol–water partition coefficient (Wildman–Crippen LogP) is 1.89. The molecule has 26 heavy (non-hydrogen) atoms. The van der Waals surface area contributed by atoms with Crippen LogP contribution >= 0.6 is 0 Å². The molecule has 1 aromatic rings. The highest BCUT2D eigenvalue weighted by Gasteiger charge is 2.18. The van der Waals surface area contributed by atoms with Crippen LogP contribution in [0.5, 0.6) is 11.5 Å². The lowest BCUT2D eigenvalue weighted by molar-refractivity contribution is 0.248. The maximum atomic E-state index is 5.95. The number of hydrogen-bond donors (Lipinski definition) is 1. The maximum absolute atomic E-state index is 5.95. The van der Waals surface area contributed by atoms with Gasteiger partial charge in [-0.1, -0.05) is 12.1 Å². The van der Waals surface area contributed by atoms with Gasteiger partial charge in [0.2, 0.25) is 0 Å². The summed E-state index contributed by atoms with van der Waals surface area (Å²) in [5.74, 6) is 2.68. The van der Waals surface area contributed by atoms with Gasteiger partial charge in [0.1, 0.15) is 12.4 Å². The minimum atomic E-state index is 0.594. The van der Waals surface area contributed by atoms with Gasteiger partial charge < -0.3 is 24.6 Å². The summed E-state index contributed by atoms with van der Waals surface area (Å²) in [5, 5.41) is 3.37. The second kappa shape index (κ2) is 9.29. The molecule has 0 radical (unpaired) electrons. The van der Waals surface area contributed by atoms with Crippen molar-refractivity contribution in [1.29, 1.82) is 0 Å². The number of ether oxygens (including phenoxy) is 2. The number of aliphatic imine (C=N–C) groups is 1. The molecule has 0 saturated carbocycles. The Morgan fingerprint density at radius 2 is 2.12 bits per heavy atom. The Labute approximate surface area is 155 Å². The zero-order chi connectivity index (χ0) is 18.2. The zero-order valence-corrected chi connectivity index (χ0v) is 15.5. The van der Waals surface area contributed by atoms with E-state index in [1.54, 1.807) is 7.11 Å². The highest BCUT2D eigenvalue weighted by Crippen LogP contribution is 2.28. The number of hydrogen-bond acceptors (Lipinski definition) is 6. The van der Waals surface area contributed by atoms with Crippen LogP contribution in [0.1, 0.15) is 5.56 Å². The molecule has 0 spiro atoms. The largest absolute Gasteiger partial charge is 0.493 e. The van der Waals surface area contributed by atoms with Crippen LogP contribution in [0.15, 0.2) is 48.2 Å². The summed E-state index contributed by atoms with van der Waals surface area (Å²) in [5.41, 5.74) is 1.17. The van der Waals surface area contributed by atoms with E-state index in [1.165, 1.54) is 5.56 Å². The van der Waals surface area contributed by atoms with E-state index in [9.17, 15) is 0 Å². The van der Waals surface area contributed by atoms with E-state index in [1.807, 2.05) is 30.6 Å². The van der Waals surface area contributed by atoms with Gasteiger partial charge in [0.05, 0.1) is 20.2 Å². The summed E-state index contributed by atoms with van der Waals surface area (Å²) in [6, 6.07) is 6.03. The van der Waals surface area contributed by atoms with Gasteiger partial charge in [-0.3, -0.25) is 0 Å². The number of benzene rings is 1. The summed E-state index contributed by atoms with van der Waals surface area (Å²) >= 11 is 0. The molecule has 3 rings (SSSR count). The van der Waals surface area contributed by atoms with Crippen molar-refractivity contribution in [1.82, 2.24) is 15.1 Å². The molecule has 2 aliphatic rings. The number of allylic oxidation sites excluding steroid dienone is 1. The summed E-state index contributed by atoms with van der Waals surface area (Å²) in [4.78, 5) is 9.14. The minimum Gasteiger partial charge on any atom is -0.493 e. The maximum Gasteiger partial charge on any atom is 0.161 e. The van der Waals surface area contributed by atoms with Gasteiger partial charge in [-0.15, -0.1) is 6.58 Å². The molecule has 0 bridgehead atoms. The molecule has 1 fully saturated rings. The fraction of sp³-hybridized carbons (Fsp3) is 0.450. The third-order valence-corrected chi connectivity index (χ3v) is 4.57. The first-order valence-electron chi connectivity index (χ1n) is 9.14.